The van der Waals surface area contributed by atoms with Gasteiger partial charge in [-0.05, 0) is 24.6 Å². The molecule has 0 bridgehead atoms. The molecule has 0 aromatic carbocycles. The lowest BCUT2D eigenvalue weighted by Gasteiger charge is -2.61. The minimum absolute atomic E-state index is 0.184. The van der Waals surface area contributed by atoms with E-state index in [1.54, 1.807) is 6.92 Å². The van der Waals surface area contributed by atoms with Crippen LogP contribution in [0.5, 0.6) is 0 Å². The number of hydrogen-bond donors (Lipinski definition) is 0. The predicted molar refractivity (Wildman–Crippen MR) is 100 cm³/mol. The summed E-state index contributed by atoms with van der Waals surface area (Å²) >= 11 is 0. The SMILES string of the molecule is CC(=O)N1CC2(C1)CN(c1cncc(-c3ccc4nccn4c3)c1C)C2. The first kappa shape index (κ1) is 15.4. The zero-order chi connectivity index (χ0) is 17.9. The van der Waals surface area contributed by atoms with E-state index in [9.17, 15) is 4.79 Å². The molecule has 6 heteroatoms. The number of aromatic nitrogens is 3. The van der Waals surface area contributed by atoms with Crippen LogP contribution in [0.1, 0.15) is 12.5 Å². The van der Waals surface area contributed by atoms with Gasteiger partial charge in [-0.1, -0.05) is 0 Å². The lowest BCUT2D eigenvalue weighted by Crippen LogP contribution is -2.73. The molecule has 3 aromatic rings. The fourth-order valence-corrected chi connectivity index (χ4v) is 4.32. The van der Waals surface area contributed by atoms with Crippen LogP contribution in [-0.2, 0) is 4.79 Å². The third kappa shape index (κ3) is 2.21. The van der Waals surface area contributed by atoms with Crippen LogP contribution in [0.4, 0.5) is 5.69 Å². The van der Waals surface area contributed by atoms with Gasteiger partial charge in [-0.15, -0.1) is 0 Å². The second-order valence-electron chi connectivity index (χ2n) is 7.67. The molecule has 2 saturated heterocycles. The smallest absolute Gasteiger partial charge is 0.219 e. The molecule has 5 rings (SSSR count). The minimum Gasteiger partial charge on any atom is -0.369 e. The van der Waals surface area contributed by atoms with Crippen LogP contribution in [0.15, 0.2) is 43.1 Å². The summed E-state index contributed by atoms with van der Waals surface area (Å²) in [4.78, 5) is 24.5. The average Bonchev–Trinajstić information content (AvgIpc) is 3.01. The molecule has 1 spiro atoms. The number of carbonyl (C=O) groups excluding carboxylic acids is 1. The Morgan fingerprint density at radius 1 is 1.15 bits per heavy atom. The van der Waals surface area contributed by atoms with Crippen molar-refractivity contribution in [1.29, 1.82) is 0 Å². The number of amides is 1. The summed E-state index contributed by atoms with van der Waals surface area (Å²) in [5, 5.41) is 0. The van der Waals surface area contributed by atoms with Crippen LogP contribution in [0.25, 0.3) is 16.8 Å². The Balaban J connectivity index is 1.40. The van der Waals surface area contributed by atoms with Gasteiger partial charge in [0.2, 0.25) is 5.91 Å². The first-order valence-electron chi connectivity index (χ1n) is 8.93. The maximum atomic E-state index is 11.4. The molecule has 26 heavy (non-hydrogen) atoms. The number of anilines is 1. The lowest BCUT2D eigenvalue weighted by atomic mass is 9.72. The second kappa shape index (κ2) is 5.30. The third-order valence-corrected chi connectivity index (χ3v) is 5.78. The molecule has 3 aromatic heterocycles. The summed E-state index contributed by atoms with van der Waals surface area (Å²) in [6.45, 7) is 7.60. The highest BCUT2D eigenvalue weighted by Crippen LogP contribution is 2.43. The maximum Gasteiger partial charge on any atom is 0.219 e. The normalized spacial score (nSPS) is 18.1. The molecule has 2 fully saturated rings. The van der Waals surface area contributed by atoms with E-state index in [2.05, 4.69) is 34.1 Å². The molecule has 0 radical (unpaired) electrons. The van der Waals surface area contributed by atoms with Gasteiger partial charge < -0.3 is 14.2 Å². The topological polar surface area (TPSA) is 53.7 Å². The Hall–Kier alpha value is -2.89. The quantitative estimate of drug-likeness (QED) is 0.714. The molecular weight excluding hydrogens is 326 g/mol. The van der Waals surface area contributed by atoms with Crippen molar-refractivity contribution in [3.8, 4) is 11.1 Å². The maximum absolute atomic E-state index is 11.4. The van der Waals surface area contributed by atoms with E-state index in [0.29, 0.717) is 5.41 Å². The average molecular weight is 347 g/mol. The highest BCUT2D eigenvalue weighted by molar-refractivity contribution is 5.76. The fraction of sp³-hybridized carbons (Fsp3) is 0.350. The van der Waals surface area contributed by atoms with Gasteiger partial charge in [0.05, 0.1) is 11.9 Å². The van der Waals surface area contributed by atoms with E-state index in [1.165, 1.54) is 11.3 Å². The van der Waals surface area contributed by atoms with Gasteiger partial charge in [-0.2, -0.15) is 0 Å². The summed E-state index contributed by atoms with van der Waals surface area (Å²) in [6.07, 6.45) is 9.77. The first-order chi connectivity index (χ1) is 12.5. The molecule has 0 N–H and O–H groups in total. The Bertz CT molecular complexity index is 1010. The van der Waals surface area contributed by atoms with Gasteiger partial charge in [0.15, 0.2) is 0 Å². The van der Waals surface area contributed by atoms with Gasteiger partial charge >= 0.3 is 0 Å². The summed E-state index contributed by atoms with van der Waals surface area (Å²) in [5.41, 5.74) is 5.98. The molecule has 1 amide bonds. The largest absolute Gasteiger partial charge is 0.369 e. The number of hydrogen-bond acceptors (Lipinski definition) is 4. The van der Waals surface area contributed by atoms with Crippen LogP contribution in [-0.4, -0.2) is 51.4 Å². The highest BCUT2D eigenvalue weighted by atomic mass is 16.2. The Morgan fingerprint density at radius 3 is 2.73 bits per heavy atom. The molecule has 0 unspecified atom stereocenters. The number of likely N-dealkylation sites (tertiary alicyclic amines) is 1. The monoisotopic (exact) mass is 347 g/mol. The number of fused-ring (bicyclic) bond motifs is 1. The van der Waals surface area contributed by atoms with Crippen molar-refractivity contribution in [2.75, 3.05) is 31.1 Å². The van der Waals surface area contributed by atoms with E-state index < -0.39 is 0 Å². The summed E-state index contributed by atoms with van der Waals surface area (Å²) < 4.78 is 2.03. The van der Waals surface area contributed by atoms with E-state index >= 15 is 0 Å². The van der Waals surface area contributed by atoms with E-state index in [4.69, 9.17) is 0 Å². The number of imidazole rings is 1. The van der Waals surface area contributed by atoms with E-state index in [-0.39, 0.29) is 5.91 Å². The minimum atomic E-state index is 0.184. The Labute approximate surface area is 152 Å². The van der Waals surface area contributed by atoms with Gasteiger partial charge in [-0.3, -0.25) is 9.78 Å². The number of pyridine rings is 2. The van der Waals surface area contributed by atoms with Crippen molar-refractivity contribution in [2.24, 2.45) is 5.41 Å². The third-order valence-electron chi connectivity index (χ3n) is 5.78. The molecule has 2 aliphatic rings. The summed E-state index contributed by atoms with van der Waals surface area (Å²) in [6, 6.07) is 4.13. The molecule has 2 aliphatic heterocycles. The van der Waals surface area contributed by atoms with Crippen molar-refractivity contribution >= 4 is 17.2 Å². The van der Waals surface area contributed by atoms with Crippen molar-refractivity contribution < 1.29 is 4.79 Å². The highest BCUT2D eigenvalue weighted by Gasteiger charge is 2.52. The van der Waals surface area contributed by atoms with Gasteiger partial charge in [0.1, 0.15) is 5.65 Å². The molecule has 132 valence electrons. The van der Waals surface area contributed by atoms with Crippen LogP contribution < -0.4 is 4.90 Å². The Kier molecular flexibility index (Phi) is 3.13. The van der Waals surface area contributed by atoms with Crippen molar-refractivity contribution in [3.63, 3.8) is 0 Å². The van der Waals surface area contributed by atoms with Crippen LogP contribution >= 0.6 is 0 Å². The van der Waals surface area contributed by atoms with Crippen molar-refractivity contribution in [1.82, 2.24) is 19.3 Å². The number of nitrogens with zero attached hydrogens (tertiary/aromatic N) is 5. The zero-order valence-electron chi connectivity index (χ0n) is 15.0. The summed E-state index contributed by atoms with van der Waals surface area (Å²) in [5.74, 6) is 0.184. The zero-order valence-corrected chi connectivity index (χ0v) is 15.0. The van der Waals surface area contributed by atoms with Crippen molar-refractivity contribution in [3.05, 3.63) is 48.7 Å². The van der Waals surface area contributed by atoms with Crippen molar-refractivity contribution in [2.45, 2.75) is 13.8 Å². The Morgan fingerprint density at radius 2 is 1.96 bits per heavy atom. The standard InChI is InChI=1S/C20H21N5O/c1-14-17(16-3-4-19-22-5-6-23(19)9-16)7-21-8-18(14)25-12-20(13-25)10-24(11-20)15(2)26/h3-9H,10-13H2,1-2H3. The van der Waals surface area contributed by atoms with Gasteiger partial charge in [0.25, 0.3) is 0 Å². The fourth-order valence-electron chi connectivity index (χ4n) is 4.32. The lowest BCUT2D eigenvalue weighted by molar-refractivity contribution is -0.142. The molecule has 5 heterocycles. The second-order valence-corrected chi connectivity index (χ2v) is 7.67. The van der Waals surface area contributed by atoms with Gasteiger partial charge in [0, 0.05) is 74.4 Å². The molecule has 0 aliphatic carbocycles. The molecule has 6 nitrogen and oxygen atoms in total. The van der Waals surface area contributed by atoms with Crippen LogP contribution in [0.3, 0.4) is 0 Å². The first-order valence-corrected chi connectivity index (χ1v) is 8.93. The van der Waals surface area contributed by atoms with E-state index in [1.807, 2.05) is 40.2 Å². The molecular formula is C20H21N5O. The number of carbonyl (C=O) groups is 1. The van der Waals surface area contributed by atoms with E-state index in [0.717, 1.165) is 43.0 Å². The van der Waals surface area contributed by atoms with Gasteiger partial charge in [-0.25, -0.2) is 4.98 Å². The molecule has 0 atom stereocenters. The predicted octanol–water partition coefficient (Wildman–Crippen LogP) is 2.37. The van der Waals surface area contributed by atoms with Crippen LogP contribution in [0.2, 0.25) is 0 Å². The van der Waals surface area contributed by atoms with Crippen LogP contribution in [0, 0.1) is 12.3 Å². The molecule has 0 saturated carbocycles. The summed E-state index contributed by atoms with van der Waals surface area (Å²) in [7, 11) is 0. The number of rotatable bonds is 2.